The molecule has 1 atom stereocenters. The minimum Gasteiger partial charge on any atom is -0.366 e. The third-order valence-electron chi connectivity index (χ3n) is 4.90. The summed E-state index contributed by atoms with van der Waals surface area (Å²) >= 11 is 0. The zero-order valence-corrected chi connectivity index (χ0v) is 13.6. The Morgan fingerprint density at radius 1 is 1.35 bits per heavy atom. The zero-order chi connectivity index (χ0) is 14.9. The Labute approximate surface area is 123 Å². The van der Waals surface area contributed by atoms with Crippen molar-refractivity contribution in [3.63, 3.8) is 0 Å². The number of hydrogen-bond acceptors (Lipinski definition) is 3. The number of nitrogens with two attached hydrogens (primary N) is 1. The van der Waals surface area contributed by atoms with Crippen LogP contribution in [0.25, 0.3) is 0 Å². The maximum Gasteiger partial charge on any atom is 0.0659 e. The highest BCUT2D eigenvalue weighted by Gasteiger charge is 2.41. The van der Waals surface area contributed by atoms with Gasteiger partial charge in [-0.25, -0.2) is 0 Å². The van der Waals surface area contributed by atoms with Gasteiger partial charge in [0.05, 0.1) is 5.54 Å². The molecule has 0 aliphatic carbocycles. The van der Waals surface area contributed by atoms with Gasteiger partial charge in [0.25, 0.3) is 0 Å². The zero-order valence-electron chi connectivity index (χ0n) is 13.6. The largest absolute Gasteiger partial charge is 0.366 e. The third-order valence-corrected chi connectivity index (χ3v) is 4.90. The Bertz CT molecular complexity index is 469. The third kappa shape index (κ3) is 2.70. The predicted octanol–water partition coefficient (Wildman–Crippen LogP) is 2.55. The molecule has 20 heavy (non-hydrogen) atoms. The molecule has 112 valence electrons. The highest BCUT2D eigenvalue weighted by Crippen LogP contribution is 2.33. The number of nitrogens with zero attached hydrogens (tertiary/aromatic N) is 2. The standard InChI is InChI=1S/C17H29N3/c1-13(2)20-9-8-17(11-18,12-20)19(5)16-7-6-14(3)10-15(16)4/h6-7,10,13H,8-9,11-12,18H2,1-5H3. The first-order valence-electron chi connectivity index (χ1n) is 7.65. The first-order chi connectivity index (χ1) is 9.39. The molecular formula is C17H29N3. The molecule has 3 nitrogen and oxygen atoms in total. The molecule has 2 rings (SSSR count). The molecule has 1 aromatic rings. The fourth-order valence-electron chi connectivity index (χ4n) is 3.34. The highest BCUT2D eigenvalue weighted by molar-refractivity contribution is 5.56. The van der Waals surface area contributed by atoms with Gasteiger partial charge >= 0.3 is 0 Å². The summed E-state index contributed by atoms with van der Waals surface area (Å²) in [4.78, 5) is 4.96. The quantitative estimate of drug-likeness (QED) is 0.916. The Balaban J connectivity index is 2.28. The lowest BCUT2D eigenvalue weighted by molar-refractivity contribution is 0.255. The number of likely N-dealkylation sites (tertiary alicyclic amines) is 1. The first kappa shape index (κ1) is 15.3. The van der Waals surface area contributed by atoms with E-state index in [9.17, 15) is 0 Å². The SMILES string of the molecule is Cc1ccc(N(C)C2(CN)CCN(C(C)C)C2)c(C)c1. The maximum absolute atomic E-state index is 6.18. The number of hydrogen-bond donors (Lipinski definition) is 1. The lowest BCUT2D eigenvalue weighted by Crippen LogP contribution is -2.55. The van der Waals surface area contributed by atoms with Gasteiger partial charge in [-0.15, -0.1) is 0 Å². The maximum atomic E-state index is 6.18. The normalized spacial score (nSPS) is 23.6. The van der Waals surface area contributed by atoms with E-state index in [1.54, 1.807) is 0 Å². The molecule has 3 heteroatoms. The van der Waals surface area contributed by atoms with Crippen LogP contribution in [-0.4, -0.2) is 43.2 Å². The summed E-state index contributed by atoms with van der Waals surface area (Å²) in [6, 6.07) is 7.28. The van der Waals surface area contributed by atoms with E-state index in [0.29, 0.717) is 12.6 Å². The first-order valence-corrected chi connectivity index (χ1v) is 7.65. The molecule has 1 aliphatic rings. The Morgan fingerprint density at radius 3 is 2.55 bits per heavy atom. The second-order valence-electron chi connectivity index (χ2n) is 6.59. The molecule has 1 fully saturated rings. The summed E-state index contributed by atoms with van der Waals surface area (Å²) in [6.07, 6.45) is 1.14. The van der Waals surface area contributed by atoms with Crippen molar-refractivity contribution in [2.75, 3.05) is 31.6 Å². The average Bonchev–Trinajstić information content (AvgIpc) is 2.84. The van der Waals surface area contributed by atoms with Crippen molar-refractivity contribution in [2.45, 2.75) is 45.7 Å². The lowest BCUT2D eigenvalue weighted by Gasteiger charge is -2.41. The summed E-state index contributed by atoms with van der Waals surface area (Å²) in [5, 5.41) is 0. The van der Waals surface area contributed by atoms with E-state index in [4.69, 9.17) is 5.73 Å². The van der Waals surface area contributed by atoms with Crippen molar-refractivity contribution < 1.29 is 0 Å². The topological polar surface area (TPSA) is 32.5 Å². The van der Waals surface area contributed by atoms with E-state index >= 15 is 0 Å². The van der Waals surface area contributed by atoms with Gasteiger partial charge in [0.2, 0.25) is 0 Å². The minimum atomic E-state index is 0.0737. The lowest BCUT2D eigenvalue weighted by atomic mass is 9.94. The van der Waals surface area contributed by atoms with Gasteiger partial charge in [-0.3, -0.25) is 4.90 Å². The molecule has 2 N–H and O–H groups in total. The van der Waals surface area contributed by atoms with Crippen LogP contribution in [0, 0.1) is 13.8 Å². The Morgan fingerprint density at radius 2 is 2.05 bits per heavy atom. The molecular weight excluding hydrogens is 246 g/mol. The monoisotopic (exact) mass is 275 g/mol. The highest BCUT2D eigenvalue weighted by atomic mass is 15.3. The number of rotatable bonds is 4. The van der Waals surface area contributed by atoms with E-state index in [1.165, 1.54) is 16.8 Å². The Hall–Kier alpha value is -1.06. The van der Waals surface area contributed by atoms with Crippen LogP contribution in [-0.2, 0) is 0 Å². The number of anilines is 1. The second kappa shape index (κ2) is 5.74. The molecule has 0 saturated carbocycles. The van der Waals surface area contributed by atoms with E-state index in [0.717, 1.165) is 19.5 Å². The summed E-state index contributed by atoms with van der Waals surface area (Å²) in [6.45, 7) is 11.8. The molecule has 1 unspecified atom stereocenters. The summed E-state index contributed by atoms with van der Waals surface area (Å²) in [5.41, 5.74) is 10.2. The van der Waals surface area contributed by atoms with E-state index < -0.39 is 0 Å². The fourth-order valence-corrected chi connectivity index (χ4v) is 3.34. The van der Waals surface area contributed by atoms with Gasteiger partial charge in [0, 0.05) is 38.4 Å². The van der Waals surface area contributed by atoms with Crippen molar-refractivity contribution in [1.29, 1.82) is 0 Å². The summed E-state index contributed by atoms with van der Waals surface area (Å²) in [5.74, 6) is 0. The smallest absolute Gasteiger partial charge is 0.0659 e. The van der Waals surface area contributed by atoms with E-state index in [2.05, 4.69) is 62.7 Å². The van der Waals surface area contributed by atoms with Gasteiger partial charge in [-0.1, -0.05) is 17.7 Å². The van der Waals surface area contributed by atoms with Crippen LogP contribution >= 0.6 is 0 Å². The van der Waals surface area contributed by atoms with Crippen LogP contribution < -0.4 is 10.6 Å². The van der Waals surface area contributed by atoms with Crippen LogP contribution in [0.1, 0.15) is 31.4 Å². The molecule has 1 saturated heterocycles. The fraction of sp³-hybridized carbons (Fsp3) is 0.647. The van der Waals surface area contributed by atoms with Crippen molar-refractivity contribution in [2.24, 2.45) is 5.73 Å². The second-order valence-corrected chi connectivity index (χ2v) is 6.59. The molecule has 1 aromatic carbocycles. The Kier molecular flexibility index (Phi) is 4.40. The van der Waals surface area contributed by atoms with Crippen molar-refractivity contribution in [3.8, 4) is 0 Å². The summed E-state index contributed by atoms with van der Waals surface area (Å²) in [7, 11) is 2.20. The van der Waals surface area contributed by atoms with Gasteiger partial charge in [0.1, 0.15) is 0 Å². The van der Waals surface area contributed by atoms with E-state index in [-0.39, 0.29) is 5.54 Å². The molecule has 1 aliphatic heterocycles. The minimum absolute atomic E-state index is 0.0737. The van der Waals surface area contributed by atoms with Crippen molar-refractivity contribution >= 4 is 5.69 Å². The molecule has 0 spiro atoms. The van der Waals surface area contributed by atoms with Crippen LogP contribution in [0.2, 0.25) is 0 Å². The average molecular weight is 275 g/mol. The van der Waals surface area contributed by atoms with Crippen molar-refractivity contribution in [1.82, 2.24) is 4.90 Å². The number of likely N-dealkylation sites (N-methyl/N-ethyl adjacent to an activating group) is 1. The number of benzene rings is 1. The van der Waals surface area contributed by atoms with Crippen LogP contribution in [0.15, 0.2) is 18.2 Å². The predicted molar refractivity (Wildman–Crippen MR) is 87.4 cm³/mol. The van der Waals surface area contributed by atoms with Crippen LogP contribution in [0.3, 0.4) is 0 Å². The van der Waals surface area contributed by atoms with Gasteiger partial charge in [-0.05, 0) is 45.7 Å². The van der Waals surface area contributed by atoms with Gasteiger partial charge in [-0.2, -0.15) is 0 Å². The molecule has 0 radical (unpaired) electrons. The summed E-state index contributed by atoms with van der Waals surface area (Å²) < 4.78 is 0. The molecule has 0 bridgehead atoms. The molecule has 0 aromatic heterocycles. The van der Waals surface area contributed by atoms with Gasteiger partial charge < -0.3 is 10.6 Å². The van der Waals surface area contributed by atoms with Gasteiger partial charge in [0.15, 0.2) is 0 Å². The van der Waals surface area contributed by atoms with Crippen LogP contribution in [0.4, 0.5) is 5.69 Å². The molecule has 0 amide bonds. The van der Waals surface area contributed by atoms with Crippen LogP contribution in [0.5, 0.6) is 0 Å². The molecule has 1 heterocycles. The number of aryl methyl sites for hydroxylation is 2. The van der Waals surface area contributed by atoms with Crippen molar-refractivity contribution in [3.05, 3.63) is 29.3 Å². The van der Waals surface area contributed by atoms with E-state index in [1.807, 2.05) is 0 Å².